The van der Waals surface area contributed by atoms with Gasteiger partial charge in [0.2, 0.25) is 0 Å². The molecule has 0 spiro atoms. The van der Waals surface area contributed by atoms with Crippen LogP contribution in [0.5, 0.6) is 0 Å². The number of nitrogens with one attached hydrogen (secondary N) is 1. The SMILES string of the molecule is O=C(NCCn1cccn1)c1cccc([N+](=O)[O-])c1Br. The molecule has 0 aliphatic rings. The highest BCUT2D eigenvalue weighted by atomic mass is 79.9. The van der Waals surface area contributed by atoms with Crippen molar-refractivity contribution in [2.24, 2.45) is 0 Å². The molecule has 1 amide bonds. The molecular formula is C12H11BrN4O3. The Morgan fingerprint density at radius 3 is 2.90 bits per heavy atom. The number of aromatic nitrogens is 2. The number of nitro benzene ring substituents is 1. The van der Waals surface area contributed by atoms with Crippen molar-refractivity contribution in [2.75, 3.05) is 6.54 Å². The highest BCUT2D eigenvalue weighted by Crippen LogP contribution is 2.28. The van der Waals surface area contributed by atoms with Crippen LogP contribution in [0.2, 0.25) is 0 Å². The Morgan fingerprint density at radius 1 is 1.45 bits per heavy atom. The molecule has 0 aliphatic carbocycles. The Morgan fingerprint density at radius 2 is 2.25 bits per heavy atom. The molecule has 20 heavy (non-hydrogen) atoms. The predicted octanol–water partition coefficient (Wildman–Crippen LogP) is 1.98. The van der Waals surface area contributed by atoms with Gasteiger partial charge in [0.05, 0.1) is 17.0 Å². The number of benzene rings is 1. The van der Waals surface area contributed by atoms with Crippen LogP contribution >= 0.6 is 15.9 Å². The molecule has 1 aromatic carbocycles. The van der Waals surface area contributed by atoms with Crippen molar-refractivity contribution in [3.05, 3.63) is 56.8 Å². The fourth-order valence-electron chi connectivity index (χ4n) is 1.65. The van der Waals surface area contributed by atoms with E-state index in [9.17, 15) is 14.9 Å². The Kier molecular flexibility index (Phi) is 4.46. The molecule has 0 saturated carbocycles. The van der Waals surface area contributed by atoms with Crippen LogP contribution in [-0.4, -0.2) is 27.2 Å². The number of halogens is 1. The lowest BCUT2D eigenvalue weighted by molar-refractivity contribution is -0.385. The molecule has 8 heteroatoms. The molecule has 0 bridgehead atoms. The first-order valence-corrected chi connectivity index (χ1v) is 6.57. The lowest BCUT2D eigenvalue weighted by Crippen LogP contribution is -2.27. The lowest BCUT2D eigenvalue weighted by Gasteiger charge is -2.07. The summed E-state index contributed by atoms with van der Waals surface area (Å²) in [7, 11) is 0. The van der Waals surface area contributed by atoms with Gasteiger partial charge in [-0.15, -0.1) is 0 Å². The maximum absolute atomic E-state index is 12.0. The van der Waals surface area contributed by atoms with Gasteiger partial charge < -0.3 is 5.32 Å². The molecule has 0 unspecified atom stereocenters. The molecule has 1 aromatic heterocycles. The minimum absolute atomic E-state index is 0.135. The molecular weight excluding hydrogens is 328 g/mol. The van der Waals surface area contributed by atoms with Gasteiger partial charge in [0.15, 0.2) is 0 Å². The molecule has 1 N–H and O–H groups in total. The molecule has 104 valence electrons. The standard InChI is InChI=1S/C12H11BrN4O3/c13-11-9(3-1-4-10(11)17(19)20)12(18)14-6-8-16-7-2-5-15-16/h1-5,7H,6,8H2,(H,14,18). The second-order valence-corrected chi connectivity index (χ2v) is 4.71. The van der Waals surface area contributed by atoms with Crippen LogP contribution in [0.1, 0.15) is 10.4 Å². The molecule has 2 aromatic rings. The maximum atomic E-state index is 12.0. The number of carbonyl (C=O) groups excluding carboxylic acids is 1. The molecule has 1 heterocycles. The molecule has 0 radical (unpaired) electrons. The van der Waals surface area contributed by atoms with E-state index in [4.69, 9.17) is 0 Å². The molecule has 2 rings (SSSR count). The summed E-state index contributed by atoms with van der Waals surface area (Å²) in [6, 6.07) is 6.13. The zero-order chi connectivity index (χ0) is 14.5. The summed E-state index contributed by atoms with van der Waals surface area (Å²) in [5.41, 5.74) is 0.101. The van der Waals surface area contributed by atoms with Crippen molar-refractivity contribution in [3.63, 3.8) is 0 Å². The van der Waals surface area contributed by atoms with E-state index in [1.807, 2.05) is 0 Å². The summed E-state index contributed by atoms with van der Waals surface area (Å²) in [6.07, 6.45) is 3.44. The Balaban J connectivity index is 2.02. The summed E-state index contributed by atoms with van der Waals surface area (Å²) in [5, 5.41) is 17.5. The number of nitrogens with zero attached hydrogens (tertiary/aromatic N) is 3. The van der Waals surface area contributed by atoms with E-state index >= 15 is 0 Å². The molecule has 0 aliphatic heterocycles. The van der Waals surface area contributed by atoms with Crippen molar-refractivity contribution >= 4 is 27.5 Å². The summed E-state index contributed by atoms with van der Waals surface area (Å²) in [5.74, 6) is -0.368. The van der Waals surface area contributed by atoms with Crippen LogP contribution in [0.3, 0.4) is 0 Å². The average Bonchev–Trinajstić information content (AvgIpc) is 2.91. The van der Waals surface area contributed by atoms with E-state index in [-0.39, 0.29) is 21.6 Å². The second-order valence-electron chi connectivity index (χ2n) is 3.92. The summed E-state index contributed by atoms with van der Waals surface area (Å²) < 4.78 is 1.87. The number of hydrogen-bond acceptors (Lipinski definition) is 4. The first-order chi connectivity index (χ1) is 9.59. The largest absolute Gasteiger partial charge is 0.350 e. The monoisotopic (exact) mass is 338 g/mol. The topological polar surface area (TPSA) is 90.1 Å². The minimum Gasteiger partial charge on any atom is -0.350 e. The van der Waals surface area contributed by atoms with Crippen molar-refractivity contribution in [3.8, 4) is 0 Å². The van der Waals surface area contributed by atoms with E-state index in [1.165, 1.54) is 18.2 Å². The van der Waals surface area contributed by atoms with Gasteiger partial charge in [0.1, 0.15) is 4.47 Å². The summed E-state index contributed by atoms with van der Waals surface area (Å²) >= 11 is 3.09. The highest BCUT2D eigenvalue weighted by Gasteiger charge is 2.18. The van der Waals surface area contributed by atoms with Crippen molar-refractivity contribution < 1.29 is 9.72 Å². The third kappa shape index (κ3) is 3.21. The van der Waals surface area contributed by atoms with Crippen LogP contribution in [-0.2, 0) is 6.54 Å². The molecule has 0 atom stereocenters. The number of hydrogen-bond donors (Lipinski definition) is 1. The van der Waals surface area contributed by atoms with Crippen LogP contribution in [0.25, 0.3) is 0 Å². The minimum atomic E-state index is -0.537. The fraction of sp³-hybridized carbons (Fsp3) is 0.167. The quantitative estimate of drug-likeness (QED) is 0.666. The van der Waals surface area contributed by atoms with E-state index in [1.54, 1.807) is 23.1 Å². The normalized spacial score (nSPS) is 10.2. The zero-order valence-electron chi connectivity index (χ0n) is 10.3. The maximum Gasteiger partial charge on any atom is 0.284 e. The van der Waals surface area contributed by atoms with Crippen molar-refractivity contribution in [1.82, 2.24) is 15.1 Å². The Labute approximate surface area is 122 Å². The van der Waals surface area contributed by atoms with Crippen LogP contribution in [0.15, 0.2) is 41.1 Å². The van der Waals surface area contributed by atoms with Gasteiger partial charge in [-0.25, -0.2) is 0 Å². The number of carbonyl (C=O) groups is 1. The predicted molar refractivity (Wildman–Crippen MR) is 75.4 cm³/mol. The van der Waals surface area contributed by atoms with Gasteiger partial charge in [0.25, 0.3) is 11.6 Å². The van der Waals surface area contributed by atoms with E-state index in [0.29, 0.717) is 13.1 Å². The zero-order valence-corrected chi connectivity index (χ0v) is 11.9. The lowest BCUT2D eigenvalue weighted by atomic mass is 10.2. The highest BCUT2D eigenvalue weighted by molar-refractivity contribution is 9.10. The number of rotatable bonds is 5. The molecule has 0 saturated heterocycles. The van der Waals surface area contributed by atoms with E-state index in [0.717, 1.165) is 0 Å². The van der Waals surface area contributed by atoms with Gasteiger partial charge in [0, 0.05) is 25.0 Å². The average molecular weight is 339 g/mol. The van der Waals surface area contributed by atoms with Crippen molar-refractivity contribution in [2.45, 2.75) is 6.54 Å². The first-order valence-electron chi connectivity index (χ1n) is 5.78. The summed E-state index contributed by atoms with van der Waals surface area (Å²) in [4.78, 5) is 22.2. The van der Waals surface area contributed by atoms with Gasteiger partial charge in [-0.1, -0.05) is 6.07 Å². The first kappa shape index (κ1) is 14.2. The van der Waals surface area contributed by atoms with Gasteiger partial charge >= 0.3 is 0 Å². The van der Waals surface area contributed by atoms with Crippen LogP contribution < -0.4 is 5.32 Å². The fourth-order valence-corrected chi connectivity index (χ4v) is 2.24. The summed E-state index contributed by atoms with van der Waals surface area (Å²) in [6.45, 7) is 0.918. The van der Waals surface area contributed by atoms with E-state index < -0.39 is 4.92 Å². The van der Waals surface area contributed by atoms with Crippen molar-refractivity contribution in [1.29, 1.82) is 0 Å². The van der Waals surface area contributed by atoms with Crippen LogP contribution in [0, 0.1) is 10.1 Å². The van der Waals surface area contributed by atoms with Gasteiger partial charge in [-0.3, -0.25) is 19.6 Å². The van der Waals surface area contributed by atoms with Crippen LogP contribution in [0.4, 0.5) is 5.69 Å². The Bertz CT molecular complexity index is 628. The molecule has 0 fully saturated rings. The number of amides is 1. The third-order valence-corrected chi connectivity index (χ3v) is 3.44. The second kappa shape index (κ2) is 6.29. The smallest absolute Gasteiger partial charge is 0.284 e. The number of nitro groups is 1. The Hall–Kier alpha value is -2.22. The van der Waals surface area contributed by atoms with Gasteiger partial charge in [-0.05, 0) is 28.1 Å². The van der Waals surface area contributed by atoms with Gasteiger partial charge in [-0.2, -0.15) is 5.10 Å². The third-order valence-electron chi connectivity index (χ3n) is 2.61. The molecule has 7 nitrogen and oxygen atoms in total. The van der Waals surface area contributed by atoms with E-state index in [2.05, 4.69) is 26.3 Å².